The maximum absolute atomic E-state index is 11.3. The summed E-state index contributed by atoms with van der Waals surface area (Å²) in [7, 11) is 3.48. The third kappa shape index (κ3) is 3.62. The smallest absolute Gasteiger partial charge is 0.223 e. The number of nitrogens with one attached hydrogen (secondary N) is 1. The van der Waals surface area contributed by atoms with Crippen LogP contribution in [-0.2, 0) is 4.79 Å². The zero-order chi connectivity index (χ0) is 12.0. The topological polar surface area (TPSA) is 56.1 Å². The molecule has 0 aliphatic heterocycles. The Hall–Kier alpha value is -2.02. The van der Waals surface area contributed by atoms with Crippen LogP contribution in [0.25, 0.3) is 0 Å². The Balaban J connectivity index is 2.38. The number of rotatable bonds is 4. The molecule has 1 aromatic carbocycles. The minimum atomic E-state index is 0.0983. The van der Waals surface area contributed by atoms with E-state index in [-0.39, 0.29) is 5.91 Å². The van der Waals surface area contributed by atoms with Gasteiger partial charge in [0.15, 0.2) is 0 Å². The number of nitriles is 1. The third-order valence-electron chi connectivity index (χ3n) is 2.18. The van der Waals surface area contributed by atoms with Gasteiger partial charge in [-0.25, -0.2) is 0 Å². The van der Waals surface area contributed by atoms with Gasteiger partial charge in [0.25, 0.3) is 0 Å². The lowest BCUT2D eigenvalue weighted by Gasteiger charge is -2.11. The highest BCUT2D eigenvalue weighted by Gasteiger charge is 2.02. The summed E-state index contributed by atoms with van der Waals surface area (Å²) in [5, 5.41) is 11.7. The fourth-order valence-electron chi connectivity index (χ4n) is 1.20. The summed E-state index contributed by atoms with van der Waals surface area (Å²) in [6, 6.07) is 9.21. The highest BCUT2D eigenvalue weighted by atomic mass is 16.2. The van der Waals surface area contributed by atoms with Crippen molar-refractivity contribution in [1.29, 1.82) is 5.26 Å². The van der Waals surface area contributed by atoms with Crippen LogP contribution in [0.2, 0.25) is 0 Å². The second kappa shape index (κ2) is 5.76. The minimum Gasteiger partial charge on any atom is -0.385 e. The standard InChI is InChI=1S/C12H15N3O/c1-15(2)12(16)7-8-14-11-5-3-10(9-13)4-6-11/h3-6,14H,7-8H2,1-2H3. The summed E-state index contributed by atoms with van der Waals surface area (Å²) >= 11 is 0. The number of amides is 1. The molecule has 0 unspecified atom stereocenters. The summed E-state index contributed by atoms with van der Waals surface area (Å²) in [6.07, 6.45) is 0.465. The van der Waals surface area contributed by atoms with Gasteiger partial charge in [0.2, 0.25) is 5.91 Å². The molecule has 0 aromatic heterocycles. The van der Waals surface area contributed by atoms with E-state index in [0.717, 1.165) is 5.69 Å². The van der Waals surface area contributed by atoms with E-state index in [2.05, 4.69) is 11.4 Å². The molecule has 16 heavy (non-hydrogen) atoms. The van der Waals surface area contributed by atoms with E-state index in [1.807, 2.05) is 12.1 Å². The Morgan fingerprint density at radius 3 is 2.50 bits per heavy atom. The van der Waals surface area contributed by atoms with E-state index in [1.54, 1.807) is 31.1 Å². The van der Waals surface area contributed by atoms with Gasteiger partial charge in [-0.05, 0) is 24.3 Å². The van der Waals surface area contributed by atoms with Crippen LogP contribution in [-0.4, -0.2) is 31.4 Å². The van der Waals surface area contributed by atoms with Crippen LogP contribution in [0.1, 0.15) is 12.0 Å². The van der Waals surface area contributed by atoms with E-state index in [9.17, 15) is 4.79 Å². The molecule has 1 amide bonds. The largest absolute Gasteiger partial charge is 0.385 e. The van der Waals surface area contributed by atoms with Crippen LogP contribution in [0, 0.1) is 11.3 Å². The molecule has 0 bridgehead atoms. The van der Waals surface area contributed by atoms with Gasteiger partial charge in [0.1, 0.15) is 0 Å². The average Bonchev–Trinajstić information content (AvgIpc) is 2.29. The lowest BCUT2D eigenvalue weighted by Crippen LogP contribution is -2.23. The van der Waals surface area contributed by atoms with Crippen molar-refractivity contribution in [3.8, 4) is 6.07 Å². The summed E-state index contributed by atoms with van der Waals surface area (Å²) in [5.74, 6) is 0.0983. The number of carbonyl (C=O) groups excluding carboxylic acids is 1. The first-order chi connectivity index (χ1) is 7.63. The van der Waals surface area contributed by atoms with Crippen LogP contribution in [0.3, 0.4) is 0 Å². The molecule has 0 saturated heterocycles. The van der Waals surface area contributed by atoms with Gasteiger partial charge >= 0.3 is 0 Å². The van der Waals surface area contributed by atoms with Crippen molar-refractivity contribution in [3.05, 3.63) is 29.8 Å². The first-order valence-corrected chi connectivity index (χ1v) is 5.07. The number of carbonyl (C=O) groups is 1. The number of hydrogen-bond donors (Lipinski definition) is 1. The maximum atomic E-state index is 11.3. The summed E-state index contributed by atoms with van der Waals surface area (Å²) in [6.45, 7) is 0.600. The van der Waals surface area contributed by atoms with E-state index >= 15 is 0 Å². The molecular weight excluding hydrogens is 202 g/mol. The van der Waals surface area contributed by atoms with Crippen molar-refractivity contribution in [2.75, 3.05) is 26.0 Å². The monoisotopic (exact) mass is 217 g/mol. The second-order valence-electron chi connectivity index (χ2n) is 3.65. The van der Waals surface area contributed by atoms with Crippen molar-refractivity contribution < 1.29 is 4.79 Å². The molecule has 0 radical (unpaired) electrons. The molecule has 0 fully saturated rings. The molecule has 0 saturated carbocycles. The van der Waals surface area contributed by atoms with Crippen molar-refractivity contribution in [2.45, 2.75) is 6.42 Å². The molecule has 4 nitrogen and oxygen atoms in total. The van der Waals surface area contributed by atoms with E-state index in [1.165, 1.54) is 0 Å². The van der Waals surface area contributed by atoms with Crippen LogP contribution >= 0.6 is 0 Å². The zero-order valence-corrected chi connectivity index (χ0v) is 9.53. The number of anilines is 1. The van der Waals surface area contributed by atoms with Crippen LogP contribution in [0.5, 0.6) is 0 Å². The molecular formula is C12H15N3O. The van der Waals surface area contributed by atoms with Crippen molar-refractivity contribution in [3.63, 3.8) is 0 Å². The van der Waals surface area contributed by atoms with Crippen molar-refractivity contribution in [1.82, 2.24) is 4.90 Å². The van der Waals surface area contributed by atoms with E-state index < -0.39 is 0 Å². The van der Waals surface area contributed by atoms with Crippen molar-refractivity contribution in [2.24, 2.45) is 0 Å². The second-order valence-corrected chi connectivity index (χ2v) is 3.65. The van der Waals surface area contributed by atoms with Gasteiger partial charge < -0.3 is 10.2 Å². The molecule has 1 aromatic rings. The number of benzene rings is 1. The predicted molar refractivity (Wildman–Crippen MR) is 63.0 cm³/mol. The summed E-state index contributed by atoms with van der Waals surface area (Å²) in [4.78, 5) is 12.8. The predicted octanol–water partition coefficient (Wildman–Crippen LogP) is 1.45. The summed E-state index contributed by atoms with van der Waals surface area (Å²) < 4.78 is 0. The normalized spacial score (nSPS) is 9.31. The van der Waals surface area contributed by atoms with Gasteiger partial charge in [0.05, 0.1) is 11.6 Å². The highest BCUT2D eigenvalue weighted by Crippen LogP contribution is 2.08. The molecule has 84 valence electrons. The van der Waals surface area contributed by atoms with Gasteiger partial charge in [-0.3, -0.25) is 4.79 Å². The van der Waals surface area contributed by atoms with Gasteiger partial charge in [0, 0.05) is 32.7 Å². The number of hydrogen-bond acceptors (Lipinski definition) is 3. The Kier molecular flexibility index (Phi) is 4.34. The fourth-order valence-corrected chi connectivity index (χ4v) is 1.20. The average molecular weight is 217 g/mol. The van der Waals surface area contributed by atoms with Gasteiger partial charge in [-0.2, -0.15) is 5.26 Å². The maximum Gasteiger partial charge on any atom is 0.223 e. The van der Waals surface area contributed by atoms with Gasteiger partial charge in [-0.15, -0.1) is 0 Å². The Morgan fingerprint density at radius 1 is 1.38 bits per heavy atom. The molecule has 0 spiro atoms. The Labute approximate surface area is 95.5 Å². The molecule has 0 aliphatic carbocycles. The molecule has 1 N–H and O–H groups in total. The first-order valence-electron chi connectivity index (χ1n) is 5.07. The quantitative estimate of drug-likeness (QED) is 0.830. The Morgan fingerprint density at radius 2 is 2.00 bits per heavy atom. The lowest BCUT2D eigenvalue weighted by molar-refractivity contribution is -0.128. The highest BCUT2D eigenvalue weighted by molar-refractivity contribution is 5.76. The molecule has 1 rings (SSSR count). The lowest BCUT2D eigenvalue weighted by atomic mass is 10.2. The molecule has 4 heteroatoms. The number of nitrogens with zero attached hydrogens (tertiary/aromatic N) is 2. The molecule has 0 heterocycles. The minimum absolute atomic E-state index is 0.0983. The first kappa shape index (κ1) is 12.1. The summed E-state index contributed by atoms with van der Waals surface area (Å²) in [5.41, 5.74) is 1.56. The Bertz CT molecular complexity index is 390. The van der Waals surface area contributed by atoms with E-state index in [4.69, 9.17) is 5.26 Å². The fraction of sp³-hybridized carbons (Fsp3) is 0.333. The van der Waals surface area contributed by atoms with Crippen molar-refractivity contribution >= 4 is 11.6 Å². The third-order valence-corrected chi connectivity index (χ3v) is 2.18. The SMILES string of the molecule is CN(C)C(=O)CCNc1ccc(C#N)cc1. The van der Waals surface area contributed by atoms with Crippen LogP contribution in [0.15, 0.2) is 24.3 Å². The molecule has 0 atom stereocenters. The van der Waals surface area contributed by atoms with Crippen LogP contribution in [0.4, 0.5) is 5.69 Å². The van der Waals surface area contributed by atoms with Gasteiger partial charge in [-0.1, -0.05) is 0 Å². The molecule has 0 aliphatic rings. The van der Waals surface area contributed by atoms with E-state index in [0.29, 0.717) is 18.5 Å². The zero-order valence-electron chi connectivity index (χ0n) is 9.53. The van der Waals surface area contributed by atoms with Crippen LogP contribution < -0.4 is 5.32 Å².